The van der Waals surface area contributed by atoms with Crippen molar-refractivity contribution in [3.05, 3.63) is 161 Å². The van der Waals surface area contributed by atoms with Crippen molar-refractivity contribution in [3.63, 3.8) is 0 Å². The largest absolute Gasteiger partial charge is 0.310 e. The molecule has 7 aliphatic carbocycles. The maximum atomic E-state index is 2.70. The highest BCUT2D eigenvalue weighted by atomic mass is 15.1. The van der Waals surface area contributed by atoms with E-state index in [1.165, 1.54) is 119 Å². The standard InChI is InChI=1S/C54H49N/c1-52(2)46-14-6-3-11-40(46)43-22-19-37(30-49(43)52)55(38-20-23-44-41-12-4-7-15-47(41)53(50(44)31-38)25-9-10-26-53)39-21-24-45-42-13-5-8-16-48(42)54(51(45)32-39)35-18-17-33-27-36(54)29-34(33)28-35/h3-8,11-16,19-24,30-36H,9-10,17-18,25-29H2,1-2H3. The van der Waals surface area contributed by atoms with Crippen LogP contribution < -0.4 is 4.90 Å². The summed E-state index contributed by atoms with van der Waals surface area (Å²) in [6.45, 7) is 4.84. The van der Waals surface area contributed by atoms with Crippen molar-refractivity contribution in [3.8, 4) is 33.4 Å². The minimum atomic E-state index is -0.0646. The lowest BCUT2D eigenvalue weighted by Crippen LogP contribution is -2.45. The predicted molar refractivity (Wildman–Crippen MR) is 227 cm³/mol. The predicted octanol–water partition coefficient (Wildman–Crippen LogP) is 14.0. The van der Waals surface area contributed by atoms with Crippen LogP contribution in [0.4, 0.5) is 17.1 Å². The molecule has 0 amide bonds. The highest BCUT2D eigenvalue weighted by Crippen LogP contribution is 2.70. The SMILES string of the molecule is CC1(C)c2ccccc2-c2ccc(N(c3ccc4c(c3)C3(CCCC3)c3ccccc3-4)c3ccc4c(c3)C3(c5ccccc5-4)C4CCC5CC3CC5C4)cc21. The Labute approximate surface area is 326 Å². The Bertz CT molecular complexity index is 2610. The van der Waals surface area contributed by atoms with Crippen LogP contribution in [0.3, 0.4) is 0 Å². The molecule has 1 nitrogen and oxygen atoms in total. The lowest BCUT2D eigenvalue weighted by Gasteiger charge is -2.49. The van der Waals surface area contributed by atoms with Crippen LogP contribution in [-0.4, -0.2) is 0 Å². The first-order valence-corrected chi connectivity index (χ1v) is 21.5. The van der Waals surface area contributed by atoms with Crippen molar-refractivity contribution in [2.24, 2.45) is 23.7 Å². The monoisotopic (exact) mass is 711 g/mol. The Morgan fingerprint density at radius 2 is 0.927 bits per heavy atom. The van der Waals surface area contributed by atoms with E-state index in [9.17, 15) is 0 Å². The van der Waals surface area contributed by atoms with E-state index in [2.05, 4.69) is 146 Å². The average Bonchev–Trinajstić information content (AvgIpc) is 4.01. The van der Waals surface area contributed by atoms with Gasteiger partial charge in [0, 0.05) is 33.3 Å². The molecule has 6 aromatic rings. The van der Waals surface area contributed by atoms with Gasteiger partial charge >= 0.3 is 0 Å². The minimum absolute atomic E-state index is 0.0646. The van der Waals surface area contributed by atoms with Gasteiger partial charge in [0.05, 0.1) is 0 Å². The first-order valence-electron chi connectivity index (χ1n) is 21.5. The quantitative estimate of drug-likeness (QED) is 0.177. The molecule has 5 unspecified atom stereocenters. The molecule has 0 heterocycles. The van der Waals surface area contributed by atoms with E-state index < -0.39 is 0 Å². The molecule has 2 spiro atoms. The molecule has 13 rings (SSSR count). The number of nitrogens with zero attached hydrogens (tertiary/aromatic N) is 1. The van der Waals surface area contributed by atoms with Crippen molar-refractivity contribution in [1.82, 2.24) is 0 Å². The summed E-state index contributed by atoms with van der Waals surface area (Å²) in [5, 5.41) is 0. The molecular weight excluding hydrogens is 663 g/mol. The van der Waals surface area contributed by atoms with Gasteiger partial charge in [-0.25, -0.2) is 0 Å². The Balaban J connectivity index is 1.04. The van der Waals surface area contributed by atoms with Crippen LogP contribution in [0.1, 0.15) is 105 Å². The zero-order valence-corrected chi connectivity index (χ0v) is 32.2. The van der Waals surface area contributed by atoms with E-state index >= 15 is 0 Å². The highest BCUT2D eigenvalue weighted by Gasteiger charge is 2.62. The molecule has 3 bridgehead atoms. The summed E-state index contributed by atoms with van der Waals surface area (Å²) in [4.78, 5) is 2.65. The second-order valence-electron chi connectivity index (χ2n) is 19.1. The first-order chi connectivity index (χ1) is 27.0. The number of hydrogen-bond donors (Lipinski definition) is 0. The minimum Gasteiger partial charge on any atom is -0.310 e. The summed E-state index contributed by atoms with van der Waals surface area (Å²) >= 11 is 0. The van der Waals surface area contributed by atoms with Gasteiger partial charge in [-0.15, -0.1) is 0 Å². The number of fused-ring (bicyclic) bond motifs is 17. The van der Waals surface area contributed by atoms with Crippen LogP contribution >= 0.6 is 0 Å². The van der Waals surface area contributed by atoms with Crippen molar-refractivity contribution in [2.75, 3.05) is 4.90 Å². The second kappa shape index (κ2) is 10.7. The molecular formula is C54H49N. The van der Waals surface area contributed by atoms with Crippen molar-refractivity contribution < 1.29 is 0 Å². The van der Waals surface area contributed by atoms with Gasteiger partial charge in [0.25, 0.3) is 0 Å². The average molecular weight is 712 g/mol. The summed E-state index contributed by atoms with van der Waals surface area (Å²) in [6, 6.07) is 50.6. The highest BCUT2D eigenvalue weighted by molar-refractivity contribution is 5.90. The van der Waals surface area contributed by atoms with Gasteiger partial charge in [-0.3, -0.25) is 0 Å². The number of benzene rings is 6. The van der Waals surface area contributed by atoms with E-state index in [1.807, 2.05) is 0 Å². The number of hydrogen-bond acceptors (Lipinski definition) is 1. The Morgan fingerprint density at radius 3 is 1.64 bits per heavy atom. The summed E-state index contributed by atoms with van der Waals surface area (Å²) in [5.41, 5.74) is 22.0. The zero-order valence-electron chi connectivity index (χ0n) is 32.2. The van der Waals surface area contributed by atoms with E-state index in [4.69, 9.17) is 0 Å². The molecule has 0 aromatic heterocycles. The Hall–Kier alpha value is -4.88. The molecule has 4 fully saturated rings. The topological polar surface area (TPSA) is 3.24 Å². The van der Waals surface area contributed by atoms with Crippen LogP contribution in [0.5, 0.6) is 0 Å². The molecule has 0 saturated heterocycles. The smallest absolute Gasteiger partial charge is 0.0465 e. The third-order valence-electron chi connectivity index (χ3n) is 16.8. The van der Waals surface area contributed by atoms with Gasteiger partial charge in [0.1, 0.15) is 0 Å². The van der Waals surface area contributed by atoms with Crippen LogP contribution in [0, 0.1) is 23.7 Å². The normalized spacial score (nSPS) is 27.2. The summed E-state index contributed by atoms with van der Waals surface area (Å²) in [5.74, 6) is 3.37. The molecule has 270 valence electrons. The lowest BCUT2D eigenvalue weighted by molar-refractivity contribution is 0.106. The molecule has 0 radical (unpaired) electrons. The number of anilines is 3. The molecule has 1 heteroatoms. The molecule has 5 atom stereocenters. The number of rotatable bonds is 3. The third kappa shape index (κ3) is 3.81. The van der Waals surface area contributed by atoms with Gasteiger partial charge < -0.3 is 4.90 Å². The molecule has 7 aliphatic rings. The first kappa shape index (κ1) is 31.3. The van der Waals surface area contributed by atoms with Gasteiger partial charge in [0.2, 0.25) is 0 Å². The molecule has 0 aliphatic heterocycles. The van der Waals surface area contributed by atoms with Crippen molar-refractivity contribution >= 4 is 17.1 Å². The third-order valence-corrected chi connectivity index (χ3v) is 16.8. The van der Waals surface area contributed by atoms with E-state index in [0.717, 1.165) is 23.7 Å². The summed E-state index contributed by atoms with van der Waals surface area (Å²) < 4.78 is 0. The fourth-order valence-corrected chi connectivity index (χ4v) is 14.6. The van der Waals surface area contributed by atoms with Gasteiger partial charge in [-0.05, 0) is 172 Å². The fraction of sp³-hybridized carbons (Fsp3) is 0.333. The Morgan fingerprint density at radius 1 is 0.436 bits per heavy atom. The molecule has 6 aromatic carbocycles. The maximum Gasteiger partial charge on any atom is 0.0465 e. The van der Waals surface area contributed by atoms with Gasteiger partial charge in [0.15, 0.2) is 0 Å². The molecule has 0 N–H and O–H groups in total. The lowest BCUT2D eigenvalue weighted by atomic mass is 9.54. The van der Waals surface area contributed by atoms with Crippen molar-refractivity contribution in [2.45, 2.75) is 87.9 Å². The fourth-order valence-electron chi connectivity index (χ4n) is 14.6. The van der Waals surface area contributed by atoms with Crippen LogP contribution in [0.15, 0.2) is 127 Å². The van der Waals surface area contributed by atoms with Crippen LogP contribution in [-0.2, 0) is 16.2 Å². The summed E-state index contributed by atoms with van der Waals surface area (Å²) in [6.07, 6.45) is 12.2. The van der Waals surface area contributed by atoms with Crippen LogP contribution in [0.25, 0.3) is 33.4 Å². The maximum absolute atomic E-state index is 2.70. The van der Waals surface area contributed by atoms with Gasteiger partial charge in [-0.2, -0.15) is 0 Å². The van der Waals surface area contributed by atoms with E-state index in [1.54, 1.807) is 22.3 Å². The van der Waals surface area contributed by atoms with Crippen LogP contribution in [0.2, 0.25) is 0 Å². The van der Waals surface area contributed by atoms with Crippen molar-refractivity contribution in [1.29, 1.82) is 0 Å². The Kier molecular flexibility index (Phi) is 6.09. The van der Waals surface area contributed by atoms with Gasteiger partial charge in [-0.1, -0.05) is 118 Å². The second-order valence-corrected chi connectivity index (χ2v) is 19.1. The van der Waals surface area contributed by atoms with E-state index in [0.29, 0.717) is 0 Å². The molecule has 4 saturated carbocycles. The van der Waals surface area contributed by atoms with E-state index in [-0.39, 0.29) is 16.2 Å². The summed E-state index contributed by atoms with van der Waals surface area (Å²) in [7, 11) is 0. The zero-order chi connectivity index (χ0) is 36.3. The molecule has 55 heavy (non-hydrogen) atoms.